The number of nitriles is 1. The summed E-state index contributed by atoms with van der Waals surface area (Å²) in [7, 11) is 0. The zero-order chi connectivity index (χ0) is 24.1. The molecule has 174 valence electrons. The van der Waals surface area contributed by atoms with E-state index in [0.29, 0.717) is 12.1 Å². The largest absolute Gasteiger partial charge is 0.379 e. The van der Waals surface area contributed by atoms with Crippen LogP contribution in [0, 0.1) is 29.0 Å². The Bertz CT molecular complexity index is 1470. The quantitative estimate of drug-likeness (QED) is 0.388. The number of nitrogens with zero attached hydrogens (tertiary/aromatic N) is 5. The number of benzene rings is 1. The summed E-state index contributed by atoms with van der Waals surface area (Å²) >= 11 is 0. The fraction of sp³-hybridized carbons (Fsp3) is 0.318. The number of fused-ring (bicyclic) bond motifs is 2. The summed E-state index contributed by atoms with van der Waals surface area (Å²) in [5, 5.41) is 21.3. The van der Waals surface area contributed by atoms with Gasteiger partial charge in [-0.3, -0.25) is 14.9 Å². The Labute approximate surface area is 191 Å². The van der Waals surface area contributed by atoms with E-state index in [1.165, 1.54) is 29.2 Å². The number of halogens is 3. The van der Waals surface area contributed by atoms with E-state index in [0.717, 1.165) is 0 Å². The fourth-order valence-electron chi connectivity index (χ4n) is 4.01. The third kappa shape index (κ3) is 3.59. The van der Waals surface area contributed by atoms with E-state index in [9.17, 15) is 13.6 Å². The Morgan fingerprint density at radius 2 is 2.12 bits per heavy atom. The Morgan fingerprint density at radius 1 is 1.32 bits per heavy atom. The molecule has 3 heterocycles. The van der Waals surface area contributed by atoms with Crippen LogP contribution in [0.2, 0.25) is 0 Å². The van der Waals surface area contributed by atoms with Gasteiger partial charge in [0.1, 0.15) is 0 Å². The van der Waals surface area contributed by atoms with E-state index in [1.807, 2.05) is 0 Å². The van der Waals surface area contributed by atoms with Gasteiger partial charge < -0.3 is 15.0 Å². The SMILES string of the molecule is CC(C)Nc1c(F)c(C(F)F)c(-c2cn3cc(NC(=O)[C@@H]4C[C@@H]4C#N)nc3cn2)c2cn[nH]c12. The molecule has 4 aromatic rings. The predicted octanol–water partition coefficient (Wildman–Crippen LogP) is 4.27. The second-order valence-corrected chi connectivity index (χ2v) is 8.47. The molecule has 1 aliphatic rings. The van der Waals surface area contributed by atoms with E-state index in [2.05, 4.69) is 36.9 Å². The molecule has 3 aromatic heterocycles. The van der Waals surface area contributed by atoms with Crippen molar-refractivity contribution in [3.63, 3.8) is 0 Å². The van der Waals surface area contributed by atoms with Crippen LogP contribution in [-0.4, -0.2) is 36.5 Å². The molecule has 0 radical (unpaired) electrons. The average Bonchev–Trinajstić information content (AvgIpc) is 3.23. The van der Waals surface area contributed by atoms with Gasteiger partial charge in [0.15, 0.2) is 17.3 Å². The van der Waals surface area contributed by atoms with Gasteiger partial charge in [-0.2, -0.15) is 10.4 Å². The third-order valence-electron chi connectivity index (χ3n) is 5.68. The second-order valence-electron chi connectivity index (χ2n) is 8.47. The van der Waals surface area contributed by atoms with Crippen LogP contribution in [0.15, 0.2) is 24.8 Å². The number of nitrogens with one attached hydrogen (secondary N) is 3. The number of hydrogen-bond donors (Lipinski definition) is 3. The lowest BCUT2D eigenvalue weighted by Crippen LogP contribution is -2.14. The molecule has 12 heteroatoms. The van der Waals surface area contributed by atoms with Gasteiger partial charge in [-0.15, -0.1) is 0 Å². The number of anilines is 2. The first-order valence-electron chi connectivity index (χ1n) is 10.6. The molecule has 0 aliphatic heterocycles. The van der Waals surface area contributed by atoms with Crippen molar-refractivity contribution in [1.29, 1.82) is 5.26 Å². The molecule has 3 N–H and O–H groups in total. The molecule has 0 bridgehead atoms. The highest BCUT2D eigenvalue weighted by molar-refractivity contribution is 6.02. The number of aromatic amines is 1. The molecule has 9 nitrogen and oxygen atoms in total. The highest BCUT2D eigenvalue weighted by Crippen LogP contribution is 2.42. The minimum absolute atomic E-state index is 0.0778. The highest BCUT2D eigenvalue weighted by Gasteiger charge is 2.43. The lowest BCUT2D eigenvalue weighted by Gasteiger charge is -2.18. The lowest BCUT2D eigenvalue weighted by atomic mass is 9.98. The second kappa shape index (κ2) is 8.02. The third-order valence-corrected chi connectivity index (χ3v) is 5.68. The molecule has 34 heavy (non-hydrogen) atoms. The first kappa shape index (κ1) is 21.7. The van der Waals surface area contributed by atoms with Crippen molar-refractivity contribution in [2.75, 3.05) is 10.6 Å². The molecule has 0 unspecified atom stereocenters. The molecule has 1 aliphatic carbocycles. The average molecular weight is 468 g/mol. The molecule has 0 spiro atoms. The summed E-state index contributed by atoms with van der Waals surface area (Å²) in [5.74, 6) is -1.81. The number of aromatic nitrogens is 5. The fourth-order valence-corrected chi connectivity index (χ4v) is 4.01. The van der Waals surface area contributed by atoms with Crippen molar-refractivity contribution in [3.05, 3.63) is 36.2 Å². The molecular weight excluding hydrogens is 449 g/mol. The van der Waals surface area contributed by atoms with Gasteiger partial charge in [0, 0.05) is 23.2 Å². The molecule has 1 aromatic carbocycles. The van der Waals surface area contributed by atoms with Crippen molar-refractivity contribution in [1.82, 2.24) is 24.6 Å². The van der Waals surface area contributed by atoms with Gasteiger partial charge in [0.2, 0.25) is 5.91 Å². The first-order valence-corrected chi connectivity index (χ1v) is 10.6. The van der Waals surface area contributed by atoms with Crippen LogP contribution in [0.25, 0.3) is 27.8 Å². The maximum absolute atomic E-state index is 15.3. The number of alkyl halides is 2. The van der Waals surface area contributed by atoms with Crippen LogP contribution in [0.4, 0.5) is 24.7 Å². The number of amides is 1. The van der Waals surface area contributed by atoms with Crippen LogP contribution in [0.1, 0.15) is 32.3 Å². The van der Waals surface area contributed by atoms with Crippen molar-refractivity contribution >= 4 is 34.0 Å². The van der Waals surface area contributed by atoms with Crippen molar-refractivity contribution in [2.45, 2.75) is 32.7 Å². The lowest BCUT2D eigenvalue weighted by molar-refractivity contribution is -0.117. The van der Waals surface area contributed by atoms with Gasteiger partial charge in [-0.25, -0.2) is 18.2 Å². The molecule has 0 saturated heterocycles. The van der Waals surface area contributed by atoms with Gasteiger partial charge >= 0.3 is 0 Å². The van der Waals surface area contributed by atoms with Crippen LogP contribution in [0.5, 0.6) is 0 Å². The van der Waals surface area contributed by atoms with E-state index in [1.54, 1.807) is 13.8 Å². The van der Waals surface area contributed by atoms with Gasteiger partial charge in [-0.1, -0.05) is 0 Å². The monoisotopic (exact) mass is 468 g/mol. The standard InChI is InChI=1S/C22H19F3N8O/c1-9(2)29-20-18(23)17(21(24)25)16(12-5-28-32-19(12)20)13-7-33-8-14(30-15(33)6-27-13)31-22(34)11-3-10(11)4-26/h5-11,21,29H,3H2,1-2H3,(H,28,32)(H,31,34)/t10-,11-/m1/s1. The zero-order valence-electron chi connectivity index (χ0n) is 18.1. The van der Waals surface area contributed by atoms with Crippen LogP contribution in [-0.2, 0) is 4.79 Å². The summed E-state index contributed by atoms with van der Waals surface area (Å²) in [6.07, 6.45) is 3.04. The summed E-state index contributed by atoms with van der Waals surface area (Å²) in [6.45, 7) is 3.54. The Morgan fingerprint density at radius 3 is 2.79 bits per heavy atom. The van der Waals surface area contributed by atoms with E-state index in [4.69, 9.17) is 5.26 Å². The van der Waals surface area contributed by atoms with Gasteiger partial charge in [0.25, 0.3) is 6.43 Å². The Balaban J connectivity index is 1.59. The van der Waals surface area contributed by atoms with E-state index < -0.39 is 17.8 Å². The highest BCUT2D eigenvalue weighted by atomic mass is 19.3. The molecule has 2 atom stereocenters. The van der Waals surface area contributed by atoms with Gasteiger partial charge in [0.05, 0.1) is 59.0 Å². The molecule has 5 rings (SSSR count). The number of carbonyl (C=O) groups is 1. The zero-order valence-corrected chi connectivity index (χ0v) is 18.1. The summed E-state index contributed by atoms with van der Waals surface area (Å²) in [4.78, 5) is 20.7. The Hall–Kier alpha value is -4.14. The molecular formula is C22H19F3N8O. The summed E-state index contributed by atoms with van der Waals surface area (Å²) < 4.78 is 45.1. The number of imidazole rings is 1. The minimum atomic E-state index is -3.11. The maximum atomic E-state index is 15.3. The van der Waals surface area contributed by atoms with Gasteiger partial charge in [-0.05, 0) is 20.3 Å². The summed E-state index contributed by atoms with van der Waals surface area (Å²) in [5.41, 5.74) is -0.248. The predicted molar refractivity (Wildman–Crippen MR) is 118 cm³/mol. The van der Waals surface area contributed by atoms with Crippen molar-refractivity contribution < 1.29 is 18.0 Å². The Kier molecular flexibility index (Phi) is 5.11. The summed E-state index contributed by atoms with van der Waals surface area (Å²) in [6, 6.07) is 1.85. The first-order chi connectivity index (χ1) is 16.3. The van der Waals surface area contributed by atoms with E-state index in [-0.39, 0.29) is 57.5 Å². The van der Waals surface area contributed by atoms with Crippen molar-refractivity contribution in [2.24, 2.45) is 11.8 Å². The molecule has 1 amide bonds. The van der Waals surface area contributed by atoms with Crippen LogP contribution < -0.4 is 10.6 Å². The van der Waals surface area contributed by atoms with E-state index >= 15 is 4.39 Å². The van der Waals surface area contributed by atoms with Crippen molar-refractivity contribution in [3.8, 4) is 17.3 Å². The topological polar surface area (TPSA) is 124 Å². The number of carbonyl (C=O) groups excluding carboxylic acids is 1. The maximum Gasteiger partial charge on any atom is 0.267 e. The number of hydrogen-bond acceptors (Lipinski definition) is 6. The smallest absolute Gasteiger partial charge is 0.267 e. The van der Waals surface area contributed by atoms with Crippen LogP contribution >= 0.6 is 0 Å². The number of rotatable bonds is 6. The van der Waals surface area contributed by atoms with Crippen LogP contribution in [0.3, 0.4) is 0 Å². The normalized spacial score (nSPS) is 17.5. The molecule has 1 fully saturated rings. The minimum Gasteiger partial charge on any atom is -0.379 e. The number of H-pyrrole nitrogens is 1. The molecule has 1 saturated carbocycles.